The summed E-state index contributed by atoms with van der Waals surface area (Å²) in [4.78, 5) is 57.7. The van der Waals surface area contributed by atoms with Crippen LogP contribution < -0.4 is 0 Å². The maximum atomic E-state index is 12.4. The van der Waals surface area contributed by atoms with Gasteiger partial charge in [0.1, 0.15) is 19.0 Å². The van der Waals surface area contributed by atoms with E-state index in [0.29, 0.717) is 25.0 Å². The Morgan fingerprint density at radius 2 is 0.623 bits per heavy atom. The van der Waals surface area contributed by atoms with Gasteiger partial charge in [0.2, 0.25) is 0 Å². The Morgan fingerprint density at radius 1 is 0.338 bits per heavy atom. The second kappa shape index (κ2) is 69.1. The third-order valence-electron chi connectivity index (χ3n) is 14.1. The summed E-state index contributed by atoms with van der Waals surface area (Å²) in [5, 5.41) is 0. The quantitative estimate of drug-likeness (QED) is 0.0254. The fourth-order valence-electron chi connectivity index (χ4n) is 9.09. The monoisotopic (exact) mass is 1090 g/mol. The standard InChI is InChI=1S/C36H66O6.C19H38O.C13H24O2/c1-4-7-9-11-13-15-16-17-18-19-20-22-24-26-28-30-36(39)42-33(31-40-34(37)6-3)32-41-35(38)29-27-25-23-21-14-12-10-8-5-2;1-3-4-5-6-7-8-9-10-11-12-13-14-15-16-17-18-19(2)20;1-3-4-5-6-7-8-9-10-11-12-13(14)15-2/h8,10,33H,4-7,9,11-32H2,1-3H3;3-18H2,1-2H3;4-5H,3,6-12H2,1-2H3/p+1/b10-8+;;5-4+. The van der Waals surface area contributed by atoms with Crippen molar-refractivity contribution in [2.45, 2.75) is 362 Å². The topological polar surface area (TPSA) is 122 Å². The van der Waals surface area contributed by atoms with Crippen LogP contribution in [0.1, 0.15) is 358 Å². The average molecular weight is 1090 g/mol. The summed E-state index contributed by atoms with van der Waals surface area (Å²) in [7, 11) is 1.45. The summed E-state index contributed by atoms with van der Waals surface area (Å²) in [6, 6.07) is 0. The molecule has 0 aromatic carbocycles. The van der Waals surface area contributed by atoms with Gasteiger partial charge in [0.15, 0.2) is 6.10 Å². The first-order valence-corrected chi connectivity index (χ1v) is 33.0. The molecule has 0 N–H and O–H groups in total. The normalized spacial score (nSPS) is 11.5. The molecular weight excluding hydrogens is 961 g/mol. The predicted octanol–water partition coefficient (Wildman–Crippen LogP) is 21.2. The molecule has 0 aromatic heterocycles. The maximum Gasteiger partial charge on any atom is 1.00 e. The van der Waals surface area contributed by atoms with Crippen molar-refractivity contribution in [1.82, 2.24) is 0 Å². The molecule has 0 heterocycles. The zero-order valence-corrected chi connectivity index (χ0v) is 52.1. The van der Waals surface area contributed by atoms with E-state index in [0.717, 1.165) is 83.5 Å². The summed E-state index contributed by atoms with van der Waals surface area (Å²) in [5.74, 6) is -0.728. The maximum absolute atomic E-state index is 12.4. The largest absolute Gasteiger partial charge is 1.00 e. The van der Waals surface area contributed by atoms with Crippen LogP contribution in [0.5, 0.6) is 0 Å². The first kappa shape index (κ1) is 78.3. The lowest BCUT2D eigenvalue weighted by Crippen LogP contribution is -2.30. The molecule has 454 valence electrons. The molecule has 1 atom stereocenters. The smallest absolute Gasteiger partial charge is 0.469 e. The Morgan fingerprint density at radius 3 is 0.935 bits per heavy atom. The molecule has 1 unspecified atom stereocenters. The number of allylic oxidation sites excluding steroid dienone is 4. The van der Waals surface area contributed by atoms with Crippen LogP contribution >= 0.6 is 0 Å². The number of Topliss-reactive ketones (excluding diaryl/α,β-unsaturated/α-hetero) is 1. The third-order valence-corrected chi connectivity index (χ3v) is 14.1. The molecular formula is C68H129O9+. The molecule has 0 rings (SSSR count). The molecule has 0 saturated heterocycles. The number of methoxy groups -OCH3 is 1. The Labute approximate surface area is 479 Å². The van der Waals surface area contributed by atoms with Gasteiger partial charge in [0.05, 0.1) is 7.11 Å². The van der Waals surface area contributed by atoms with Gasteiger partial charge in [-0.05, 0) is 71.1 Å². The van der Waals surface area contributed by atoms with E-state index in [2.05, 4.69) is 56.7 Å². The van der Waals surface area contributed by atoms with Crippen LogP contribution in [0.4, 0.5) is 0 Å². The zero-order valence-electron chi connectivity index (χ0n) is 53.1. The van der Waals surface area contributed by atoms with Crippen molar-refractivity contribution in [2.24, 2.45) is 0 Å². The van der Waals surface area contributed by atoms with Crippen LogP contribution in [0.2, 0.25) is 0 Å². The van der Waals surface area contributed by atoms with Gasteiger partial charge < -0.3 is 23.7 Å². The van der Waals surface area contributed by atoms with E-state index in [9.17, 15) is 24.0 Å². The van der Waals surface area contributed by atoms with Gasteiger partial charge in [-0.2, -0.15) is 0 Å². The minimum atomic E-state index is -0.760. The molecule has 0 radical (unpaired) electrons. The summed E-state index contributed by atoms with van der Waals surface area (Å²) in [5.41, 5.74) is 0. The highest BCUT2D eigenvalue weighted by Gasteiger charge is 2.19. The van der Waals surface area contributed by atoms with E-state index >= 15 is 0 Å². The van der Waals surface area contributed by atoms with Crippen LogP contribution in [0.15, 0.2) is 24.3 Å². The number of carbonyl (C=O) groups excluding carboxylic acids is 5. The predicted molar refractivity (Wildman–Crippen MR) is 328 cm³/mol. The summed E-state index contributed by atoms with van der Waals surface area (Å²) < 4.78 is 20.6. The zero-order chi connectivity index (χ0) is 57.2. The first-order chi connectivity index (χ1) is 37.6. The van der Waals surface area contributed by atoms with E-state index in [4.69, 9.17) is 14.2 Å². The van der Waals surface area contributed by atoms with Crippen LogP contribution in [-0.4, -0.2) is 56.1 Å². The minimum Gasteiger partial charge on any atom is -0.469 e. The number of hydrogen-bond acceptors (Lipinski definition) is 9. The number of ketones is 1. The molecule has 0 amide bonds. The van der Waals surface area contributed by atoms with Gasteiger partial charge in [0.25, 0.3) is 0 Å². The van der Waals surface area contributed by atoms with Crippen LogP contribution in [0.25, 0.3) is 0 Å². The lowest BCUT2D eigenvalue weighted by molar-refractivity contribution is -0.166. The molecule has 0 fully saturated rings. The molecule has 0 spiro atoms. The number of esters is 4. The van der Waals surface area contributed by atoms with Crippen LogP contribution in [-0.2, 0) is 42.9 Å². The summed E-state index contributed by atoms with van der Waals surface area (Å²) >= 11 is 0. The molecule has 0 aliphatic rings. The number of unbranched alkanes of at least 4 members (excludes halogenated alkanes) is 38. The fourth-order valence-corrected chi connectivity index (χ4v) is 9.09. The second-order valence-electron chi connectivity index (χ2n) is 21.9. The SMILES string of the molecule is CC/C=C/CCCCCCCC(=O)OC.CC/C=C/CCCCCCCC(=O)OCC(COC(=O)CC)OC(=O)CCCCCCCCCCCCCCCCC.CCCCCCCCCCCCCCCCCC(C)=O.[H+]. The van der Waals surface area contributed by atoms with Crippen LogP contribution in [0.3, 0.4) is 0 Å². The van der Waals surface area contributed by atoms with Crippen molar-refractivity contribution < 1.29 is 44.3 Å². The van der Waals surface area contributed by atoms with E-state index in [1.165, 1.54) is 213 Å². The number of carbonyl (C=O) groups is 5. The van der Waals surface area contributed by atoms with Crippen LogP contribution in [0, 0.1) is 0 Å². The highest BCUT2D eigenvalue weighted by atomic mass is 16.6. The lowest BCUT2D eigenvalue weighted by atomic mass is 10.0. The van der Waals surface area contributed by atoms with Crippen molar-refractivity contribution in [2.75, 3.05) is 20.3 Å². The number of ether oxygens (including phenoxy) is 4. The second-order valence-corrected chi connectivity index (χ2v) is 21.9. The van der Waals surface area contributed by atoms with Crippen molar-refractivity contribution in [3.63, 3.8) is 0 Å². The first-order valence-electron chi connectivity index (χ1n) is 33.0. The Bertz CT molecular complexity index is 1320. The van der Waals surface area contributed by atoms with Crippen molar-refractivity contribution >= 4 is 29.7 Å². The number of hydrogen-bond donors (Lipinski definition) is 0. The van der Waals surface area contributed by atoms with E-state index < -0.39 is 6.10 Å². The fraction of sp³-hybridized carbons (Fsp3) is 0.868. The van der Waals surface area contributed by atoms with Gasteiger partial charge in [-0.25, -0.2) is 0 Å². The molecule has 9 nitrogen and oxygen atoms in total. The minimum absolute atomic E-state index is 0. The van der Waals surface area contributed by atoms with Crippen molar-refractivity contribution in [1.29, 1.82) is 0 Å². The van der Waals surface area contributed by atoms with Gasteiger partial charge in [-0.1, -0.05) is 277 Å². The highest BCUT2D eigenvalue weighted by Crippen LogP contribution is 2.17. The van der Waals surface area contributed by atoms with Crippen molar-refractivity contribution in [3.8, 4) is 0 Å². The van der Waals surface area contributed by atoms with Gasteiger partial charge >= 0.3 is 25.3 Å². The van der Waals surface area contributed by atoms with E-state index in [1.54, 1.807) is 13.8 Å². The summed E-state index contributed by atoms with van der Waals surface area (Å²) in [6.45, 7) is 12.1. The molecule has 9 heteroatoms. The van der Waals surface area contributed by atoms with Crippen molar-refractivity contribution in [3.05, 3.63) is 24.3 Å². The molecule has 77 heavy (non-hydrogen) atoms. The Hall–Kier alpha value is -2.97. The van der Waals surface area contributed by atoms with E-state index in [1.807, 2.05) is 0 Å². The molecule has 0 saturated carbocycles. The molecule has 0 aliphatic carbocycles. The molecule has 0 aliphatic heterocycles. The van der Waals surface area contributed by atoms with Gasteiger partial charge in [-0.15, -0.1) is 0 Å². The Balaban J connectivity index is -0.000000625. The molecule has 0 bridgehead atoms. The molecule has 0 aromatic rings. The van der Waals surface area contributed by atoms with E-state index in [-0.39, 0.29) is 44.9 Å². The highest BCUT2D eigenvalue weighted by molar-refractivity contribution is 5.75. The lowest BCUT2D eigenvalue weighted by Gasteiger charge is -2.18. The third kappa shape index (κ3) is 73.0. The van der Waals surface area contributed by atoms with Gasteiger partial charge in [-0.3, -0.25) is 19.2 Å². The van der Waals surface area contributed by atoms with Gasteiger partial charge in [0, 0.05) is 32.1 Å². The Kier molecular flexibility index (Phi) is 70.3. The summed E-state index contributed by atoms with van der Waals surface area (Å²) in [6.07, 6.45) is 66.0. The number of rotatable bonds is 56. The average Bonchev–Trinajstić information content (AvgIpc) is 3.42.